The Balaban J connectivity index is 1.34. The first-order chi connectivity index (χ1) is 12.7. The summed E-state index contributed by atoms with van der Waals surface area (Å²) in [5, 5.41) is 14.1. The second kappa shape index (κ2) is 7.17. The fourth-order valence-corrected chi connectivity index (χ4v) is 3.33. The third-order valence-corrected chi connectivity index (χ3v) is 4.81. The molecule has 0 bridgehead atoms. The maximum atomic E-state index is 12.2. The summed E-state index contributed by atoms with van der Waals surface area (Å²) in [7, 11) is 0. The Morgan fingerprint density at radius 1 is 1.23 bits per heavy atom. The number of carbonyl (C=O) groups is 1. The number of nitrogens with zero attached hydrogens (tertiary/aromatic N) is 4. The highest BCUT2D eigenvalue weighted by atomic mass is 35.5. The molecule has 1 saturated heterocycles. The van der Waals surface area contributed by atoms with Crippen molar-refractivity contribution in [1.82, 2.24) is 25.5 Å². The molecule has 1 fully saturated rings. The molecule has 26 heavy (non-hydrogen) atoms. The Morgan fingerprint density at radius 2 is 2.04 bits per heavy atom. The number of halogens is 1. The number of rotatable bonds is 3. The summed E-state index contributed by atoms with van der Waals surface area (Å²) in [6, 6.07) is 7.04. The van der Waals surface area contributed by atoms with Crippen LogP contribution >= 0.6 is 11.6 Å². The highest BCUT2D eigenvalue weighted by Crippen LogP contribution is 2.24. The topological polar surface area (TPSA) is 98.8 Å². The maximum absolute atomic E-state index is 12.2. The molecule has 1 aliphatic rings. The predicted molar refractivity (Wildman–Crippen MR) is 101 cm³/mol. The normalized spacial score (nSPS) is 15.2. The standard InChI is InChI=1S/C17H18ClN7O/c18-13-3-1-2-4-14(13)23-17(26)22-11-5-7-25(8-6-11)16-12-9-21-24-15(12)19-10-20-16/h1-4,9-11H,5-8H2,(H2,22,23,26)(H,19,20,21,24). The van der Waals surface area contributed by atoms with Crippen molar-refractivity contribution in [3.63, 3.8) is 0 Å². The predicted octanol–water partition coefficient (Wildman–Crippen LogP) is 2.80. The highest BCUT2D eigenvalue weighted by Gasteiger charge is 2.23. The van der Waals surface area contributed by atoms with Gasteiger partial charge in [0.15, 0.2) is 5.65 Å². The van der Waals surface area contributed by atoms with Crippen LogP contribution in [0.15, 0.2) is 36.8 Å². The van der Waals surface area contributed by atoms with Gasteiger partial charge in [0.25, 0.3) is 0 Å². The van der Waals surface area contributed by atoms with E-state index in [1.165, 1.54) is 6.33 Å². The lowest BCUT2D eigenvalue weighted by molar-refractivity contribution is 0.246. The highest BCUT2D eigenvalue weighted by molar-refractivity contribution is 6.33. The van der Waals surface area contributed by atoms with E-state index in [-0.39, 0.29) is 12.1 Å². The van der Waals surface area contributed by atoms with Gasteiger partial charge in [-0.3, -0.25) is 5.10 Å². The first-order valence-corrected chi connectivity index (χ1v) is 8.79. The number of benzene rings is 1. The van der Waals surface area contributed by atoms with Gasteiger partial charge >= 0.3 is 6.03 Å². The van der Waals surface area contributed by atoms with Gasteiger partial charge in [0, 0.05) is 19.1 Å². The lowest BCUT2D eigenvalue weighted by Crippen LogP contribution is -2.46. The Bertz CT molecular complexity index is 920. The van der Waals surface area contributed by atoms with E-state index in [1.807, 2.05) is 12.1 Å². The molecule has 1 aromatic carbocycles. The van der Waals surface area contributed by atoms with Crippen LogP contribution in [-0.2, 0) is 0 Å². The van der Waals surface area contributed by atoms with Gasteiger partial charge in [-0.25, -0.2) is 14.8 Å². The summed E-state index contributed by atoms with van der Waals surface area (Å²) in [4.78, 5) is 23.0. The summed E-state index contributed by atoms with van der Waals surface area (Å²) in [5.74, 6) is 0.878. The van der Waals surface area contributed by atoms with Gasteiger partial charge in [0.05, 0.1) is 22.3 Å². The second-order valence-corrected chi connectivity index (χ2v) is 6.58. The Morgan fingerprint density at radius 3 is 2.85 bits per heavy atom. The van der Waals surface area contributed by atoms with Crippen LogP contribution < -0.4 is 15.5 Å². The van der Waals surface area contributed by atoms with Crippen LogP contribution in [0.1, 0.15) is 12.8 Å². The maximum Gasteiger partial charge on any atom is 0.319 e. The Kier molecular flexibility index (Phi) is 4.57. The number of aromatic nitrogens is 4. The number of urea groups is 1. The zero-order valence-electron chi connectivity index (χ0n) is 13.9. The summed E-state index contributed by atoms with van der Waals surface area (Å²) < 4.78 is 0. The molecule has 134 valence electrons. The fraction of sp³-hybridized carbons (Fsp3) is 0.294. The van der Waals surface area contributed by atoms with Crippen molar-refractivity contribution in [3.05, 3.63) is 41.8 Å². The number of aromatic amines is 1. The zero-order chi connectivity index (χ0) is 17.9. The van der Waals surface area contributed by atoms with Crippen LogP contribution in [-0.4, -0.2) is 45.3 Å². The van der Waals surface area contributed by atoms with Crippen LogP contribution in [0.25, 0.3) is 11.0 Å². The first kappa shape index (κ1) is 16.6. The number of H-pyrrole nitrogens is 1. The molecule has 3 N–H and O–H groups in total. The molecule has 0 unspecified atom stereocenters. The van der Waals surface area contributed by atoms with Crippen LogP contribution in [0.5, 0.6) is 0 Å². The van der Waals surface area contributed by atoms with E-state index in [9.17, 15) is 4.79 Å². The molecule has 3 heterocycles. The van der Waals surface area contributed by atoms with Gasteiger partial charge in [-0.05, 0) is 25.0 Å². The molecule has 0 atom stereocenters. The average molecular weight is 372 g/mol. The third-order valence-electron chi connectivity index (χ3n) is 4.48. The van der Waals surface area contributed by atoms with Crippen molar-refractivity contribution >= 4 is 40.2 Å². The number of piperidine rings is 1. The largest absolute Gasteiger partial charge is 0.356 e. The zero-order valence-corrected chi connectivity index (χ0v) is 14.7. The monoisotopic (exact) mass is 371 g/mol. The minimum Gasteiger partial charge on any atom is -0.356 e. The van der Waals surface area contributed by atoms with Gasteiger partial charge < -0.3 is 15.5 Å². The minimum atomic E-state index is -0.240. The van der Waals surface area contributed by atoms with Crippen LogP contribution in [0, 0.1) is 0 Å². The number of hydrogen-bond donors (Lipinski definition) is 3. The van der Waals surface area contributed by atoms with Crippen molar-refractivity contribution in [1.29, 1.82) is 0 Å². The number of amides is 2. The van der Waals surface area contributed by atoms with Crippen LogP contribution in [0.4, 0.5) is 16.3 Å². The lowest BCUT2D eigenvalue weighted by atomic mass is 10.1. The van der Waals surface area contributed by atoms with Crippen molar-refractivity contribution in [2.45, 2.75) is 18.9 Å². The van der Waals surface area contributed by atoms with Gasteiger partial charge in [0.2, 0.25) is 0 Å². The van der Waals surface area contributed by atoms with Crippen molar-refractivity contribution < 1.29 is 4.79 Å². The van der Waals surface area contributed by atoms with E-state index in [0.29, 0.717) is 10.7 Å². The van der Waals surface area contributed by atoms with E-state index in [1.54, 1.807) is 18.3 Å². The summed E-state index contributed by atoms with van der Waals surface area (Å²) in [6.45, 7) is 1.60. The van der Waals surface area contributed by atoms with E-state index in [2.05, 4.69) is 35.7 Å². The van der Waals surface area contributed by atoms with Crippen molar-refractivity contribution in [2.24, 2.45) is 0 Å². The Hall–Kier alpha value is -2.87. The smallest absolute Gasteiger partial charge is 0.319 e. The first-order valence-electron chi connectivity index (χ1n) is 8.42. The molecule has 0 spiro atoms. The molecule has 8 nitrogen and oxygen atoms in total. The van der Waals surface area contributed by atoms with Crippen molar-refractivity contribution in [2.75, 3.05) is 23.3 Å². The average Bonchev–Trinajstić information content (AvgIpc) is 3.13. The van der Waals surface area contributed by atoms with E-state index in [0.717, 1.165) is 42.8 Å². The Labute approximate surface area is 155 Å². The van der Waals surface area contributed by atoms with Crippen LogP contribution in [0.2, 0.25) is 5.02 Å². The van der Waals surface area contributed by atoms with Gasteiger partial charge in [-0.2, -0.15) is 5.10 Å². The summed E-state index contributed by atoms with van der Waals surface area (Å²) >= 11 is 6.07. The minimum absolute atomic E-state index is 0.107. The number of anilines is 2. The molecular formula is C17H18ClN7O. The summed E-state index contributed by atoms with van der Waals surface area (Å²) in [5.41, 5.74) is 1.34. The number of hydrogen-bond acceptors (Lipinski definition) is 5. The molecule has 9 heteroatoms. The molecule has 2 amide bonds. The lowest BCUT2D eigenvalue weighted by Gasteiger charge is -2.33. The SMILES string of the molecule is O=C(Nc1ccccc1Cl)NC1CCN(c2ncnc3[nH]ncc23)CC1. The van der Waals surface area contributed by atoms with E-state index < -0.39 is 0 Å². The van der Waals surface area contributed by atoms with Crippen molar-refractivity contribution in [3.8, 4) is 0 Å². The molecule has 0 radical (unpaired) electrons. The number of carbonyl (C=O) groups excluding carboxylic acids is 1. The van der Waals surface area contributed by atoms with E-state index >= 15 is 0 Å². The number of para-hydroxylation sites is 1. The molecule has 3 aromatic rings. The molecular weight excluding hydrogens is 354 g/mol. The molecule has 0 aliphatic carbocycles. The fourth-order valence-electron chi connectivity index (χ4n) is 3.15. The molecule has 1 aliphatic heterocycles. The molecule has 4 rings (SSSR count). The van der Waals surface area contributed by atoms with E-state index in [4.69, 9.17) is 11.6 Å². The van der Waals surface area contributed by atoms with Gasteiger partial charge in [-0.15, -0.1) is 0 Å². The number of nitrogens with one attached hydrogen (secondary N) is 3. The van der Waals surface area contributed by atoms with Crippen LogP contribution in [0.3, 0.4) is 0 Å². The number of fused-ring (bicyclic) bond motifs is 1. The molecule has 2 aromatic heterocycles. The quantitative estimate of drug-likeness (QED) is 0.657. The van der Waals surface area contributed by atoms with Gasteiger partial charge in [-0.1, -0.05) is 23.7 Å². The third kappa shape index (κ3) is 3.41. The van der Waals surface area contributed by atoms with Gasteiger partial charge in [0.1, 0.15) is 12.1 Å². The summed E-state index contributed by atoms with van der Waals surface area (Å²) in [6.07, 6.45) is 4.95. The molecule has 0 saturated carbocycles. The second-order valence-electron chi connectivity index (χ2n) is 6.17.